The first-order chi connectivity index (χ1) is 8.75. The van der Waals surface area contributed by atoms with E-state index < -0.39 is 0 Å². The van der Waals surface area contributed by atoms with E-state index in [-0.39, 0.29) is 0 Å². The van der Waals surface area contributed by atoms with Crippen LogP contribution in [0.15, 0.2) is 24.5 Å². The van der Waals surface area contributed by atoms with Crippen LogP contribution in [0, 0.1) is 0 Å². The van der Waals surface area contributed by atoms with Crippen molar-refractivity contribution in [1.82, 2.24) is 20.1 Å². The lowest BCUT2D eigenvalue weighted by Gasteiger charge is -2.34. The Kier molecular flexibility index (Phi) is 5.11. The summed E-state index contributed by atoms with van der Waals surface area (Å²) in [6, 6.07) is 4.86. The maximum absolute atomic E-state index is 4.05. The number of nitrogens with zero attached hydrogens (tertiary/aromatic N) is 3. The van der Waals surface area contributed by atoms with Gasteiger partial charge in [-0.2, -0.15) is 0 Å². The van der Waals surface area contributed by atoms with Crippen LogP contribution >= 0.6 is 0 Å². The molecule has 18 heavy (non-hydrogen) atoms. The molecule has 1 atom stereocenters. The summed E-state index contributed by atoms with van der Waals surface area (Å²) in [6.07, 6.45) is 4.95. The fourth-order valence-electron chi connectivity index (χ4n) is 2.43. The summed E-state index contributed by atoms with van der Waals surface area (Å²) in [5.74, 6) is 0. The van der Waals surface area contributed by atoms with Crippen molar-refractivity contribution in [1.29, 1.82) is 0 Å². The lowest BCUT2D eigenvalue weighted by molar-refractivity contribution is 0.171. The Morgan fingerprint density at radius 3 is 2.94 bits per heavy atom. The molecule has 0 bridgehead atoms. The lowest BCUT2D eigenvalue weighted by Crippen LogP contribution is -2.50. The SMILES string of the molecule is CN(CCC1CNCCN1C)Cc1ccncc1. The molecule has 1 aliphatic heterocycles. The van der Waals surface area contributed by atoms with Crippen molar-refractivity contribution in [2.75, 3.05) is 40.3 Å². The van der Waals surface area contributed by atoms with E-state index in [1.54, 1.807) is 0 Å². The van der Waals surface area contributed by atoms with Gasteiger partial charge in [0.1, 0.15) is 0 Å². The Bertz CT molecular complexity index is 341. The van der Waals surface area contributed by atoms with Gasteiger partial charge in [-0.3, -0.25) is 4.98 Å². The standard InChI is InChI=1S/C14H24N4/c1-17(12-13-3-6-15-7-4-13)9-5-14-11-16-8-10-18(14)2/h3-4,6-7,14,16H,5,8-12H2,1-2H3. The van der Waals surface area contributed by atoms with E-state index in [1.165, 1.54) is 18.5 Å². The van der Waals surface area contributed by atoms with Gasteiger partial charge in [-0.05, 0) is 44.8 Å². The molecular weight excluding hydrogens is 224 g/mol. The third-order valence-electron chi connectivity index (χ3n) is 3.69. The summed E-state index contributed by atoms with van der Waals surface area (Å²) in [5, 5.41) is 3.47. The van der Waals surface area contributed by atoms with Gasteiger partial charge in [0.25, 0.3) is 0 Å². The highest BCUT2D eigenvalue weighted by atomic mass is 15.2. The molecule has 1 N–H and O–H groups in total. The van der Waals surface area contributed by atoms with Gasteiger partial charge in [0.15, 0.2) is 0 Å². The second-order valence-electron chi connectivity index (χ2n) is 5.22. The maximum atomic E-state index is 4.05. The first kappa shape index (κ1) is 13.5. The molecule has 4 heteroatoms. The molecule has 1 saturated heterocycles. The molecule has 0 aliphatic carbocycles. The molecule has 2 heterocycles. The van der Waals surface area contributed by atoms with Crippen LogP contribution in [-0.2, 0) is 6.54 Å². The average molecular weight is 248 g/mol. The first-order valence-corrected chi connectivity index (χ1v) is 6.74. The number of rotatable bonds is 5. The highest BCUT2D eigenvalue weighted by molar-refractivity contribution is 5.09. The number of aromatic nitrogens is 1. The molecule has 4 nitrogen and oxygen atoms in total. The fourth-order valence-corrected chi connectivity index (χ4v) is 2.43. The molecule has 1 fully saturated rings. The molecule has 1 aromatic rings. The fraction of sp³-hybridized carbons (Fsp3) is 0.643. The molecule has 2 rings (SSSR count). The van der Waals surface area contributed by atoms with Crippen molar-refractivity contribution in [3.8, 4) is 0 Å². The summed E-state index contributed by atoms with van der Waals surface area (Å²) in [7, 11) is 4.42. The monoisotopic (exact) mass is 248 g/mol. The normalized spacial score (nSPS) is 21.4. The molecular formula is C14H24N4. The topological polar surface area (TPSA) is 31.4 Å². The number of hydrogen-bond donors (Lipinski definition) is 1. The van der Waals surface area contributed by atoms with Crippen LogP contribution < -0.4 is 5.32 Å². The molecule has 1 aliphatic rings. The van der Waals surface area contributed by atoms with Crippen LogP contribution in [-0.4, -0.2) is 61.1 Å². The lowest BCUT2D eigenvalue weighted by atomic mass is 10.1. The Hall–Kier alpha value is -0.970. The third-order valence-corrected chi connectivity index (χ3v) is 3.69. The minimum absolute atomic E-state index is 0.679. The summed E-state index contributed by atoms with van der Waals surface area (Å²) >= 11 is 0. The van der Waals surface area contributed by atoms with Gasteiger partial charge in [0, 0.05) is 44.6 Å². The molecule has 0 spiro atoms. The van der Waals surface area contributed by atoms with Crippen LogP contribution in [0.3, 0.4) is 0 Å². The number of hydrogen-bond acceptors (Lipinski definition) is 4. The zero-order valence-electron chi connectivity index (χ0n) is 11.5. The van der Waals surface area contributed by atoms with E-state index in [4.69, 9.17) is 0 Å². The first-order valence-electron chi connectivity index (χ1n) is 6.74. The molecule has 0 aromatic carbocycles. The number of likely N-dealkylation sites (N-methyl/N-ethyl adjacent to an activating group) is 1. The van der Waals surface area contributed by atoms with E-state index in [0.717, 1.165) is 26.2 Å². The highest BCUT2D eigenvalue weighted by Gasteiger charge is 2.18. The molecule has 0 amide bonds. The number of piperazine rings is 1. The third kappa shape index (κ3) is 4.05. The molecule has 1 aromatic heterocycles. The molecule has 0 radical (unpaired) electrons. The Morgan fingerprint density at radius 2 is 2.22 bits per heavy atom. The molecule has 100 valence electrons. The highest BCUT2D eigenvalue weighted by Crippen LogP contribution is 2.07. The maximum Gasteiger partial charge on any atom is 0.0271 e. The summed E-state index contributed by atoms with van der Waals surface area (Å²) in [5.41, 5.74) is 1.34. The van der Waals surface area contributed by atoms with Crippen molar-refractivity contribution < 1.29 is 0 Å². The Labute approximate surface area is 110 Å². The van der Waals surface area contributed by atoms with E-state index in [1.807, 2.05) is 12.4 Å². The quantitative estimate of drug-likeness (QED) is 0.835. The largest absolute Gasteiger partial charge is 0.314 e. The van der Waals surface area contributed by atoms with Gasteiger partial charge in [0.05, 0.1) is 0 Å². The number of pyridine rings is 1. The Morgan fingerprint density at radius 1 is 1.44 bits per heavy atom. The van der Waals surface area contributed by atoms with E-state index in [9.17, 15) is 0 Å². The van der Waals surface area contributed by atoms with Gasteiger partial charge < -0.3 is 15.1 Å². The predicted octanol–water partition coefficient (Wildman–Crippen LogP) is 0.807. The summed E-state index contributed by atoms with van der Waals surface area (Å²) in [4.78, 5) is 8.90. The van der Waals surface area contributed by atoms with Crippen molar-refractivity contribution >= 4 is 0 Å². The van der Waals surface area contributed by atoms with Gasteiger partial charge in [-0.15, -0.1) is 0 Å². The van der Waals surface area contributed by atoms with Crippen molar-refractivity contribution in [2.45, 2.75) is 19.0 Å². The van der Waals surface area contributed by atoms with Gasteiger partial charge in [0.2, 0.25) is 0 Å². The average Bonchev–Trinajstić information content (AvgIpc) is 2.39. The van der Waals surface area contributed by atoms with E-state index in [0.29, 0.717) is 6.04 Å². The van der Waals surface area contributed by atoms with E-state index in [2.05, 4.69) is 46.3 Å². The van der Waals surface area contributed by atoms with Gasteiger partial charge >= 0.3 is 0 Å². The minimum atomic E-state index is 0.679. The second-order valence-corrected chi connectivity index (χ2v) is 5.22. The van der Waals surface area contributed by atoms with Crippen LogP contribution in [0.5, 0.6) is 0 Å². The smallest absolute Gasteiger partial charge is 0.0271 e. The van der Waals surface area contributed by atoms with Gasteiger partial charge in [-0.1, -0.05) is 0 Å². The van der Waals surface area contributed by atoms with Crippen LogP contribution in [0.25, 0.3) is 0 Å². The van der Waals surface area contributed by atoms with Crippen molar-refractivity contribution in [2.24, 2.45) is 0 Å². The minimum Gasteiger partial charge on any atom is -0.314 e. The Balaban J connectivity index is 1.72. The van der Waals surface area contributed by atoms with Gasteiger partial charge in [-0.25, -0.2) is 0 Å². The van der Waals surface area contributed by atoms with E-state index >= 15 is 0 Å². The van der Waals surface area contributed by atoms with Crippen molar-refractivity contribution in [3.63, 3.8) is 0 Å². The summed E-state index contributed by atoms with van der Waals surface area (Å²) < 4.78 is 0. The number of nitrogens with one attached hydrogen (secondary N) is 1. The zero-order valence-corrected chi connectivity index (χ0v) is 11.5. The predicted molar refractivity (Wildman–Crippen MR) is 74.5 cm³/mol. The van der Waals surface area contributed by atoms with Crippen LogP contribution in [0.2, 0.25) is 0 Å². The zero-order chi connectivity index (χ0) is 12.8. The summed E-state index contributed by atoms with van der Waals surface area (Å²) in [6.45, 7) is 5.56. The van der Waals surface area contributed by atoms with Crippen LogP contribution in [0.1, 0.15) is 12.0 Å². The van der Waals surface area contributed by atoms with Crippen molar-refractivity contribution in [3.05, 3.63) is 30.1 Å². The second kappa shape index (κ2) is 6.83. The molecule has 0 saturated carbocycles. The van der Waals surface area contributed by atoms with Crippen LogP contribution in [0.4, 0.5) is 0 Å². The molecule has 1 unspecified atom stereocenters.